The molecule has 0 radical (unpaired) electrons. The van der Waals surface area contributed by atoms with E-state index >= 15 is 0 Å². The predicted octanol–water partition coefficient (Wildman–Crippen LogP) is 12.2. The first-order valence-corrected chi connectivity index (χ1v) is 16.8. The van der Waals surface area contributed by atoms with Crippen LogP contribution in [0, 0.1) is 0 Å². The van der Waals surface area contributed by atoms with Gasteiger partial charge in [-0.1, -0.05) is 103 Å². The molecule has 0 saturated carbocycles. The largest absolute Gasteiger partial charge is 0.456 e. The van der Waals surface area contributed by atoms with Crippen molar-refractivity contribution in [2.45, 2.75) is 0 Å². The molecule has 0 atom stereocenters. The Morgan fingerprint density at radius 1 is 0.294 bits per heavy atom. The number of furan rings is 3. The van der Waals surface area contributed by atoms with Crippen LogP contribution in [0.25, 0.3) is 111 Å². The zero-order valence-electron chi connectivity index (χ0n) is 27.0. The molecular formula is C45H25N3O3. The molecule has 6 nitrogen and oxygen atoms in total. The Hall–Kier alpha value is -7.05. The maximum atomic E-state index is 6.47. The van der Waals surface area contributed by atoms with Crippen molar-refractivity contribution >= 4 is 65.8 Å². The summed E-state index contributed by atoms with van der Waals surface area (Å²) in [6, 6.07) is 51.1. The van der Waals surface area contributed by atoms with Gasteiger partial charge in [-0.15, -0.1) is 0 Å². The van der Waals surface area contributed by atoms with Gasteiger partial charge in [-0.3, -0.25) is 0 Å². The second-order valence-corrected chi connectivity index (χ2v) is 12.8. The van der Waals surface area contributed by atoms with Gasteiger partial charge in [0.05, 0.1) is 0 Å². The monoisotopic (exact) mass is 655 g/mol. The summed E-state index contributed by atoms with van der Waals surface area (Å²) in [5, 5.41) is 6.28. The van der Waals surface area contributed by atoms with E-state index in [0.717, 1.165) is 93.6 Å². The van der Waals surface area contributed by atoms with E-state index in [1.165, 1.54) is 0 Å². The fourth-order valence-corrected chi connectivity index (χ4v) is 7.40. The van der Waals surface area contributed by atoms with Crippen LogP contribution in [0.15, 0.2) is 165 Å². The number of nitrogens with zero attached hydrogens (tertiary/aromatic N) is 3. The maximum Gasteiger partial charge on any atom is 0.164 e. The van der Waals surface area contributed by atoms with Crippen molar-refractivity contribution in [2.75, 3.05) is 0 Å². The van der Waals surface area contributed by atoms with Crippen molar-refractivity contribution in [3.63, 3.8) is 0 Å². The highest BCUT2D eigenvalue weighted by Crippen LogP contribution is 2.40. The summed E-state index contributed by atoms with van der Waals surface area (Å²) in [7, 11) is 0. The first kappa shape index (κ1) is 27.9. The van der Waals surface area contributed by atoms with E-state index in [-0.39, 0.29) is 0 Å². The van der Waals surface area contributed by atoms with Crippen LogP contribution in [0.2, 0.25) is 0 Å². The van der Waals surface area contributed by atoms with Crippen LogP contribution >= 0.6 is 0 Å². The van der Waals surface area contributed by atoms with E-state index in [1.54, 1.807) is 0 Å². The highest BCUT2D eigenvalue weighted by Gasteiger charge is 2.19. The number of para-hydroxylation sites is 2. The molecule has 0 saturated heterocycles. The summed E-state index contributed by atoms with van der Waals surface area (Å²) < 4.78 is 18.9. The van der Waals surface area contributed by atoms with E-state index in [2.05, 4.69) is 54.6 Å². The molecule has 0 aliphatic rings. The molecule has 0 unspecified atom stereocenters. The Bertz CT molecular complexity index is 3150. The van der Waals surface area contributed by atoms with Crippen molar-refractivity contribution in [3.8, 4) is 45.3 Å². The Morgan fingerprint density at radius 2 is 0.843 bits per heavy atom. The highest BCUT2D eigenvalue weighted by atomic mass is 16.3. The summed E-state index contributed by atoms with van der Waals surface area (Å²) in [4.78, 5) is 15.1. The molecule has 7 aromatic carbocycles. The molecule has 0 aliphatic carbocycles. The number of rotatable bonds is 4. The third kappa shape index (κ3) is 4.33. The molecule has 0 spiro atoms. The molecule has 4 aromatic heterocycles. The number of hydrogen-bond donors (Lipinski definition) is 0. The van der Waals surface area contributed by atoms with Crippen LogP contribution in [0.3, 0.4) is 0 Å². The van der Waals surface area contributed by atoms with Crippen LogP contribution in [0.1, 0.15) is 0 Å². The average molecular weight is 656 g/mol. The number of benzene rings is 7. The number of hydrogen-bond acceptors (Lipinski definition) is 6. The lowest BCUT2D eigenvalue weighted by atomic mass is 9.98. The average Bonchev–Trinajstić information content (AvgIpc) is 3.88. The summed E-state index contributed by atoms with van der Waals surface area (Å²) in [5.41, 5.74) is 9.80. The van der Waals surface area contributed by atoms with Crippen LogP contribution < -0.4 is 0 Å². The van der Waals surface area contributed by atoms with Crippen molar-refractivity contribution in [1.82, 2.24) is 15.0 Å². The third-order valence-electron chi connectivity index (χ3n) is 9.75. The van der Waals surface area contributed by atoms with Crippen LogP contribution in [-0.2, 0) is 0 Å². The molecule has 0 bridgehead atoms. The quantitative estimate of drug-likeness (QED) is 0.188. The molecule has 0 fully saturated rings. The molecule has 0 N–H and O–H groups in total. The van der Waals surface area contributed by atoms with E-state index in [1.807, 2.05) is 97.1 Å². The summed E-state index contributed by atoms with van der Waals surface area (Å²) in [6.07, 6.45) is 0. The molecule has 0 aliphatic heterocycles. The van der Waals surface area contributed by atoms with Gasteiger partial charge in [-0.25, -0.2) is 15.0 Å². The Morgan fingerprint density at radius 3 is 1.59 bits per heavy atom. The first-order valence-electron chi connectivity index (χ1n) is 16.8. The SMILES string of the molecule is c1ccc(-c2nc(-c3ccc4c(c3)oc3ccc(-c5cccc6oc7ccccc7c56)cc34)nc(-c3cccc4oc5ccccc5c34)n2)cc1. The van der Waals surface area contributed by atoms with Gasteiger partial charge in [-0.05, 0) is 59.7 Å². The molecule has 6 heteroatoms. The van der Waals surface area contributed by atoms with Gasteiger partial charge in [0.25, 0.3) is 0 Å². The number of aromatic nitrogens is 3. The Balaban J connectivity index is 1.08. The molecule has 11 rings (SSSR count). The van der Waals surface area contributed by atoms with Crippen molar-refractivity contribution < 1.29 is 13.3 Å². The zero-order chi connectivity index (χ0) is 33.5. The minimum absolute atomic E-state index is 0.560. The summed E-state index contributed by atoms with van der Waals surface area (Å²) in [5.74, 6) is 1.73. The molecule has 11 aromatic rings. The van der Waals surface area contributed by atoms with Crippen molar-refractivity contribution in [1.29, 1.82) is 0 Å². The maximum absolute atomic E-state index is 6.47. The lowest BCUT2D eigenvalue weighted by molar-refractivity contribution is 0.668. The predicted molar refractivity (Wildman–Crippen MR) is 203 cm³/mol. The van der Waals surface area contributed by atoms with Gasteiger partial charge in [0.15, 0.2) is 17.5 Å². The molecule has 0 amide bonds. The van der Waals surface area contributed by atoms with Crippen molar-refractivity contribution in [2.24, 2.45) is 0 Å². The van der Waals surface area contributed by atoms with Crippen LogP contribution in [0.5, 0.6) is 0 Å². The third-order valence-corrected chi connectivity index (χ3v) is 9.75. The van der Waals surface area contributed by atoms with E-state index in [4.69, 9.17) is 28.2 Å². The summed E-state index contributed by atoms with van der Waals surface area (Å²) in [6.45, 7) is 0. The topological polar surface area (TPSA) is 78.1 Å². The van der Waals surface area contributed by atoms with E-state index in [9.17, 15) is 0 Å². The van der Waals surface area contributed by atoms with Gasteiger partial charge >= 0.3 is 0 Å². The zero-order valence-corrected chi connectivity index (χ0v) is 27.0. The second kappa shape index (κ2) is 10.7. The van der Waals surface area contributed by atoms with Gasteiger partial charge in [-0.2, -0.15) is 0 Å². The summed E-state index contributed by atoms with van der Waals surface area (Å²) >= 11 is 0. The standard InChI is InChI=1S/C45H25N3O3/c1-2-10-26(11-3-1)43-46-44(48-45(47-43)33-15-9-19-39-42(33)32-13-5-7-17-36(32)50-39)28-20-22-30-34-24-27(21-23-37(34)51-40(30)25-28)29-14-8-18-38-41(29)31-12-4-6-16-35(31)49-38/h1-25H. The fourth-order valence-electron chi connectivity index (χ4n) is 7.40. The molecule has 4 heterocycles. The van der Waals surface area contributed by atoms with Gasteiger partial charge in [0.1, 0.15) is 33.5 Å². The van der Waals surface area contributed by atoms with E-state index in [0.29, 0.717) is 17.5 Å². The minimum atomic E-state index is 0.560. The molecular weight excluding hydrogens is 631 g/mol. The second-order valence-electron chi connectivity index (χ2n) is 12.8. The van der Waals surface area contributed by atoms with Gasteiger partial charge < -0.3 is 13.3 Å². The molecule has 51 heavy (non-hydrogen) atoms. The van der Waals surface area contributed by atoms with Gasteiger partial charge in [0, 0.05) is 49.0 Å². The van der Waals surface area contributed by atoms with Crippen LogP contribution in [-0.4, -0.2) is 15.0 Å². The lowest BCUT2D eigenvalue weighted by Crippen LogP contribution is -2.00. The normalized spacial score (nSPS) is 11.9. The number of fused-ring (bicyclic) bond motifs is 9. The first-order chi connectivity index (χ1) is 25.2. The smallest absolute Gasteiger partial charge is 0.164 e. The molecule has 238 valence electrons. The fraction of sp³-hybridized carbons (Fsp3) is 0. The minimum Gasteiger partial charge on any atom is -0.456 e. The Kier molecular flexibility index (Phi) is 5.86. The Labute approximate surface area is 290 Å². The van der Waals surface area contributed by atoms with Crippen molar-refractivity contribution in [3.05, 3.63) is 152 Å². The highest BCUT2D eigenvalue weighted by molar-refractivity contribution is 6.14. The lowest BCUT2D eigenvalue weighted by Gasteiger charge is -2.09. The van der Waals surface area contributed by atoms with Crippen LogP contribution in [0.4, 0.5) is 0 Å². The van der Waals surface area contributed by atoms with E-state index < -0.39 is 0 Å². The van der Waals surface area contributed by atoms with Gasteiger partial charge in [0.2, 0.25) is 0 Å².